The summed E-state index contributed by atoms with van der Waals surface area (Å²) in [5.74, 6) is 0. The number of nitrogens with zero attached hydrogens (tertiary/aromatic N) is 2. The van der Waals surface area contributed by atoms with Crippen LogP contribution in [0.3, 0.4) is 0 Å². The van der Waals surface area contributed by atoms with Gasteiger partial charge in [0.25, 0.3) is 7.37 Å². The molecule has 0 saturated heterocycles. The molecule has 0 saturated carbocycles. The van der Waals surface area contributed by atoms with E-state index in [0.717, 1.165) is 0 Å². The molecule has 154 valence electrons. The van der Waals surface area contributed by atoms with Crippen LogP contribution in [-0.2, 0) is 9.09 Å². The van der Waals surface area contributed by atoms with Crippen LogP contribution in [0.15, 0.2) is 65.8 Å². The van der Waals surface area contributed by atoms with Gasteiger partial charge in [-0.2, -0.15) is 5.10 Å². The number of halogens is 4. The summed E-state index contributed by atoms with van der Waals surface area (Å²) in [6, 6.07) is 18.4. The van der Waals surface area contributed by atoms with Crippen molar-refractivity contribution in [3.63, 3.8) is 0 Å². The van der Waals surface area contributed by atoms with Crippen LogP contribution in [0.1, 0.15) is 12.5 Å². The fraction of sp³-hybridized carbons (Fsp3) is 0.0952. The number of rotatable bonds is 4. The smallest absolute Gasteiger partial charge is 0.285 e. The zero-order chi connectivity index (χ0) is 21.5. The molecule has 0 spiro atoms. The summed E-state index contributed by atoms with van der Waals surface area (Å²) in [5.41, 5.74) is 1.86. The average molecular weight is 500 g/mol. The Morgan fingerprint density at radius 2 is 1.43 bits per heavy atom. The van der Waals surface area contributed by atoms with Crippen molar-refractivity contribution in [3.8, 4) is 0 Å². The molecule has 9 heteroatoms. The van der Waals surface area contributed by atoms with Crippen molar-refractivity contribution in [2.24, 2.45) is 5.10 Å². The molecule has 1 aliphatic rings. The normalized spacial score (nSPS) is 18.2. The maximum Gasteiger partial charge on any atom is 0.285 e. The molecule has 0 amide bonds. The van der Waals surface area contributed by atoms with Crippen LogP contribution < -0.4 is 10.3 Å². The van der Waals surface area contributed by atoms with Gasteiger partial charge in [0.05, 0.1) is 37.7 Å². The lowest BCUT2D eigenvalue weighted by Crippen LogP contribution is -2.31. The first kappa shape index (κ1) is 21.7. The molecular weight excluding hydrogens is 485 g/mol. The molecular formula is C21H15Cl4N2O2P. The molecule has 0 aromatic heterocycles. The fourth-order valence-corrected chi connectivity index (χ4v) is 7.03. The van der Waals surface area contributed by atoms with Crippen LogP contribution in [0.5, 0.6) is 0 Å². The molecule has 0 bridgehead atoms. The van der Waals surface area contributed by atoms with E-state index in [0.29, 0.717) is 16.9 Å². The quantitative estimate of drug-likeness (QED) is 0.209. The largest absolute Gasteiger partial charge is 0.321 e. The fourth-order valence-electron chi connectivity index (χ4n) is 3.26. The molecule has 4 nitrogen and oxygen atoms in total. The molecule has 4 rings (SSSR count). The number of benzene rings is 3. The van der Waals surface area contributed by atoms with Crippen molar-refractivity contribution in [2.45, 2.75) is 6.92 Å². The second-order valence-electron chi connectivity index (χ2n) is 6.36. The Morgan fingerprint density at radius 1 is 0.867 bits per heavy atom. The molecule has 1 heterocycles. The lowest BCUT2D eigenvalue weighted by molar-refractivity contribution is 0.349. The van der Waals surface area contributed by atoms with E-state index in [1.54, 1.807) is 11.9 Å². The molecule has 0 N–H and O–H groups in total. The summed E-state index contributed by atoms with van der Waals surface area (Å²) in [6.45, 7) is 1.92. The maximum absolute atomic E-state index is 14.4. The third-order valence-electron chi connectivity index (χ3n) is 4.54. The maximum atomic E-state index is 14.4. The van der Waals surface area contributed by atoms with E-state index in [1.807, 2.05) is 60.7 Å². The Hall–Kier alpha value is -1.52. The minimum absolute atomic E-state index is 0.0179. The lowest BCUT2D eigenvalue weighted by atomic mass is 10.2. The van der Waals surface area contributed by atoms with Gasteiger partial charge in [0.15, 0.2) is 5.45 Å². The lowest BCUT2D eigenvalue weighted by Gasteiger charge is -2.34. The van der Waals surface area contributed by atoms with Crippen LogP contribution in [0.25, 0.3) is 0 Å². The average Bonchev–Trinajstić information content (AvgIpc) is 2.77. The summed E-state index contributed by atoms with van der Waals surface area (Å²) in [6.07, 6.45) is 0. The first-order chi connectivity index (χ1) is 14.4. The Morgan fingerprint density at radius 3 is 2.03 bits per heavy atom. The van der Waals surface area contributed by atoms with Gasteiger partial charge in [-0.15, -0.1) is 0 Å². The first-order valence-corrected chi connectivity index (χ1v) is 12.1. The van der Waals surface area contributed by atoms with Crippen molar-refractivity contribution >= 4 is 75.9 Å². The summed E-state index contributed by atoms with van der Waals surface area (Å²) < 4.78 is 20.2. The number of hydrogen-bond donors (Lipinski definition) is 0. The molecule has 3 aromatic rings. The van der Waals surface area contributed by atoms with E-state index >= 15 is 0 Å². The van der Waals surface area contributed by atoms with Crippen LogP contribution in [0, 0.1) is 0 Å². The van der Waals surface area contributed by atoms with Gasteiger partial charge in [-0.1, -0.05) is 94.9 Å². The summed E-state index contributed by atoms with van der Waals surface area (Å²) in [7, 11) is -3.76. The van der Waals surface area contributed by atoms with Gasteiger partial charge >= 0.3 is 0 Å². The number of hydrazone groups is 1. The van der Waals surface area contributed by atoms with Gasteiger partial charge in [-0.25, -0.2) is 5.01 Å². The standard InChI is InChI=1S/C21H15Cl4N2O2P/c1-2-29-30(28)20-18(25)16(23)15(22)17(24)19(20)27(14-11-7-4-8-12-14)26-21(30)13-9-5-3-6-10-13/h3-12H,2H2,1H3. The van der Waals surface area contributed by atoms with Crippen molar-refractivity contribution in [3.05, 3.63) is 86.3 Å². The second kappa shape index (κ2) is 8.55. The van der Waals surface area contributed by atoms with E-state index in [1.165, 1.54) is 0 Å². The molecule has 1 atom stereocenters. The summed E-state index contributed by atoms with van der Waals surface area (Å²) in [4.78, 5) is 0. The van der Waals surface area contributed by atoms with E-state index in [4.69, 9.17) is 56.0 Å². The highest BCUT2D eigenvalue weighted by Crippen LogP contribution is 2.60. The Kier molecular flexibility index (Phi) is 6.18. The minimum Gasteiger partial charge on any atom is -0.321 e. The molecule has 0 radical (unpaired) electrons. The van der Waals surface area contributed by atoms with E-state index < -0.39 is 7.37 Å². The topological polar surface area (TPSA) is 41.9 Å². The second-order valence-corrected chi connectivity index (χ2v) is 10.1. The highest BCUT2D eigenvalue weighted by atomic mass is 35.5. The van der Waals surface area contributed by atoms with Gasteiger partial charge in [-0.05, 0) is 19.1 Å². The SMILES string of the molecule is CCOP1(=O)C(c2ccccc2)=NN(c2ccccc2)c2c(Cl)c(Cl)c(Cl)c(Cl)c21. The van der Waals surface area contributed by atoms with Crippen LogP contribution in [0.2, 0.25) is 20.1 Å². The summed E-state index contributed by atoms with van der Waals surface area (Å²) in [5, 5.41) is 6.69. The molecule has 1 unspecified atom stereocenters. The predicted molar refractivity (Wildman–Crippen MR) is 127 cm³/mol. The molecule has 0 aliphatic carbocycles. The van der Waals surface area contributed by atoms with Crippen LogP contribution in [0.4, 0.5) is 11.4 Å². The highest BCUT2D eigenvalue weighted by Gasteiger charge is 2.45. The van der Waals surface area contributed by atoms with E-state index in [9.17, 15) is 4.57 Å². The van der Waals surface area contributed by atoms with Gasteiger partial charge in [-0.3, -0.25) is 4.57 Å². The van der Waals surface area contributed by atoms with Crippen molar-refractivity contribution < 1.29 is 9.09 Å². The molecule has 1 aliphatic heterocycles. The molecule has 0 fully saturated rings. The van der Waals surface area contributed by atoms with Gasteiger partial charge < -0.3 is 4.52 Å². The van der Waals surface area contributed by atoms with Gasteiger partial charge in [0.2, 0.25) is 0 Å². The number of hydrogen-bond acceptors (Lipinski definition) is 4. The van der Waals surface area contributed by atoms with E-state index in [2.05, 4.69) is 0 Å². The number of para-hydroxylation sites is 1. The predicted octanol–water partition coefficient (Wildman–Crippen LogP) is 7.75. The zero-order valence-corrected chi connectivity index (χ0v) is 19.6. The van der Waals surface area contributed by atoms with Crippen LogP contribution in [-0.4, -0.2) is 12.1 Å². The van der Waals surface area contributed by atoms with Crippen molar-refractivity contribution in [2.75, 3.05) is 11.6 Å². The third kappa shape index (κ3) is 3.46. The number of fused-ring (bicyclic) bond motifs is 1. The monoisotopic (exact) mass is 498 g/mol. The van der Waals surface area contributed by atoms with Gasteiger partial charge in [0.1, 0.15) is 5.69 Å². The highest BCUT2D eigenvalue weighted by molar-refractivity contribution is 7.84. The van der Waals surface area contributed by atoms with Crippen molar-refractivity contribution in [1.82, 2.24) is 0 Å². The van der Waals surface area contributed by atoms with Crippen molar-refractivity contribution in [1.29, 1.82) is 0 Å². The van der Waals surface area contributed by atoms with Gasteiger partial charge in [0, 0.05) is 5.56 Å². The minimum atomic E-state index is -3.76. The third-order valence-corrected chi connectivity index (χ3v) is 9.02. The Bertz CT molecular complexity index is 1190. The Labute approximate surface area is 194 Å². The number of anilines is 2. The van der Waals surface area contributed by atoms with Crippen LogP contribution >= 0.6 is 53.8 Å². The zero-order valence-electron chi connectivity index (χ0n) is 15.7. The Balaban J connectivity index is 2.13. The first-order valence-electron chi connectivity index (χ1n) is 9.01. The molecule has 3 aromatic carbocycles. The molecule has 30 heavy (non-hydrogen) atoms. The summed E-state index contributed by atoms with van der Waals surface area (Å²) >= 11 is 25.9. The van der Waals surface area contributed by atoms with E-state index in [-0.39, 0.29) is 37.5 Å².